The van der Waals surface area contributed by atoms with Gasteiger partial charge in [-0.2, -0.15) is 0 Å². The minimum atomic E-state index is -0.327. The zero-order valence-electron chi connectivity index (χ0n) is 17.7. The third kappa shape index (κ3) is 4.04. The lowest BCUT2D eigenvalue weighted by atomic mass is 9.90. The average molecular weight is 427 g/mol. The Labute approximate surface area is 186 Å². The Morgan fingerprint density at radius 1 is 1.06 bits per heavy atom. The number of nitrogens with one attached hydrogen (secondary N) is 2. The monoisotopic (exact) mass is 427 g/mol. The largest absolute Gasteiger partial charge is 0.480 e. The van der Waals surface area contributed by atoms with Gasteiger partial charge in [0.25, 0.3) is 5.91 Å². The Balaban J connectivity index is 1.49. The third-order valence-corrected chi connectivity index (χ3v) is 5.78. The molecular weight excluding hydrogens is 404 g/mol. The van der Waals surface area contributed by atoms with Crippen molar-refractivity contribution in [1.29, 1.82) is 0 Å². The number of methoxy groups -OCH3 is 1. The van der Waals surface area contributed by atoms with Crippen LogP contribution in [0.4, 0.5) is 11.5 Å². The van der Waals surface area contributed by atoms with Crippen LogP contribution in [0.2, 0.25) is 0 Å². The highest BCUT2D eigenvalue weighted by Gasteiger charge is 2.23. The standard InChI is InChI=1S/C24H23N6O2/c1-32-21-14-26-13-20(29-21)19-12-17-8-11-27-24(31)22(17)23(30-19)28-18-4-2-15(3-5-18)16-6-9-25-10-7-16/h2-5,8,11-14,16,25H,6-7,9-10H2,1H3,(H,28,30). The van der Waals surface area contributed by atoms with Crippen molar-refractivity contribution in [3.8, 4) is 17.3 Å². The van der Waals surface area contributed by atoms with Crippen molar-refractivity contribution in [2.24, 2.45) is 0 Å². The lowest BCUT2D eigenvalue weighted by Crippen LogP contribution is -2.26. The molecule has 2 N–H and O–H groups in total. The maximum Gasteiger partial charge on any atom is 0.281 e. The molecule has 161 valence electrons. The number of carbonyl (C=O) groups is 1. The topological polar surface area (TPSA) is 103 Å². The number of benzene rings is 1. The first-order valence-electron chi connectivity index (χ1n) is 10.6. The molecule has 0 aliphatic carbocycles. The molecule has 2 aromatic heterocycles. The number of amides is 1. The Hall–Kier alpha value is -3.78. The average Bonchev–Trinajstić information content (AvgIpc) is 2.85. The van der Waals surface area contributed by atoms with Crippen molar-refractivity contribution in [1.82, 2.24) is 25.6 Å². The van der Waals surface area contributed by atoms with E-state index >= 15 is 0 Å². The van der Waals surface area contributed by atoms with E-state index in [0.29, 0.717) is 34.6 Å². The van der Waals surface area contributed by atoms with Crippen molar-refractivity contribution < 1.29 is 9.53 Å². The fraction of sp³-hybridized carbons (Fsp3) is 0.250. The van der Waals surface area contributed by atoms with Gasteiger partial charge in [-0.15, -0.1) is 0 Å². The van der Waals surface area contributed by atoms with Crippen molar-refractivity contribution in [3.63, 3.8) is 0 Å². The molecule has 1 saturated heterocycles. The Kier molecular flexibility index (Phi) is 5.51. The summed E-state index contributed by atoms with van der Waals surface area (Å²) in [5.74, 6) is 1.09. The second-order valence-corrected chi connectivity index (χ2v) is 7.79. The molecule has 1 amide bonds. The fourth-order valence-corrected chi connectivity index (χ4v) is 4.09. The number of pyridine rings is 1. The van der Waals surface area contributed by atoms with Crippen LogP contribution >= 0.6 is 0 Å². The van der Waals surface area contributed by atoms with Gasteiger partial charge in [0.2, 0.25) is 5.88 Å². The Bertz CT molecular complexity index is 1170. The van der Waals surface area contributed by atoms with Crippen molar-refractivity contribution in [2.45, 2.75) is 18.8 Å². The molecule has 1 radical (unpaired) electrons. The zero-order valence-corrected chi connectivity index (χ0v) is 17.7. The molecule has 0 atom stereocenters. The molecule has 2 aliphatic rings. The second kappa shape index (κ2) is 8.76. The zero-order chi connectivity index (χ0) is 21.9. The number of piperidine rings is 1. The first kappa shape index (κ1) is 20.1. The van der Waals surface area contributed by atoms with E-state index in [1.807, 2.05) is 18.2 Å². The summed E-state index contributed by atoms with van der Waals surface area (Å²) in [7, 11) is 1.54. The number of rotatable bonds is 5. The fourth-order valence-electron chi connectivity index (χ4n) is 4.09. The molecule has 32 heavy (non-hydrogen) atoms. The predicted molar refractivity (Wildman–Crippen MR) is 122 cm³/mol. The highest BCUT2D eigenvalue weighted by Crippen LogP contribution is 2.31. The van der Waals surface area contributed by atoms with Crippen LogP contribution in [-0.2, 0) is 0 Å². The summed E-state index contributed by atoms with van der Waals surface area (Å²) in [5.41, 5.74) is 4.50. The normalized spacial score (nSPS) is 15.7. The van der Waals surface area contributed by atoms with E-state index in [1.165, 1.54) is 25.1 Å². The van der Waals surface area contributed by atoms with E-state index < -0.39 is 0 Å². The van der Waals surface area contributed by atoms with E-state index in [4.69, 9.17) is 9.72 Å². The van der Waals surface area contributed by atoms with Gasteiger partial charge >= 0.3 is 0 Å². The van der Waals surface area contributed by atoms with Gasteiger partial charge in [-0.1, -0.05) is 12.1 Å². The molecule has 2 aliphatic heterocycles. The van der Waals surface area contributed by atoms with Gasteiger partial charge < -0.3 is 15.4 Å². The maximum absolute atomic E-state index is 12.6. The van der Waals surface area contributed by atoms with Gasteiger partial charge in [0.05, 0.1) is 30.8 Å². The van der Waals surface area contributed by atoms with Crippen LogP contribution in [0.3, 0.4) is 0 Å². The Morgan fingerprint density at radius 3 is 2.66 bits per heavy atom. The minimum absolute atomic E-state index is 0.327. The number of aromatic nitrogens is 3. The number of hydrogen-bond donors (Lipinski definition) is 2. The van der Waals surface area contributed by atoms with Crippen LogP contribution in [-0.4, -0.2) is 41.1 Å². The van der Waals surface area contributed by atoms with Crippen molar-refractivity contribution in [2.75, 3.05) is 25.5 Å². The number of hydrogen-bond acceptors (Lipinski definition) is 7. The van der Waals surface area contributed by atoms with Crippen molar-refractivity contribution in [3.05, 3.63) is 65.6 Å². The number of ether oxygens (including phenoxy) is 1. The number of carbonyl (C=O) groups excluding carboxylic acids is 1. The first-order chi connectivity index (χ1) is 15.7. The van der Waals surface area contributed by atoms with E-state index in [2.05, 4.69) is 38.1 Å². The van der Waals surface area contributed by atoms with Gasteiger partial charge in [0, 0.05) is 11.9 Å². The van der Waals surface area contributed by atoms with Crippen LogP contribution in [0.25, 0.3) is 17.5 Å². The number of anilines is 2. The van der Waals surface area contributed by atoms with E-state index in [0.717, 1.165) is 37.2 Å². The molecule has 0 saturated carbocycles. The maximum atomic E-state index is 12.6. The molecule has 3 aromatic rings. The molecular formula is C24H23N6O2. The molecule has 0 bridgehead atoms. The summed E-state index contributed by atoms with van der Waals surface area (Å²) in [6.07, 6.45) is 8.74. The summed E-state index contributed by atoms with van der Waals surface area (Å²) < 4.78 is 5.19. The number of fused-ring (bicyclic) bond motifs is 1. The van der Waals surface area contributed by atoms with Crippen molar-refractivity contribution >= 4 is 23.5 Å². The second-order valence-electron chi connectivity index (χ2n) is 7.79. The summed E-state index contributed by atoms with van der Waals surface area (Å²) in [5, 5.41) is 10.6. The molecule has 5 rings (SSSR count). The van der Waals surface area contributed by atoms with Gasteiger partial charge in [0.15, 0.2) is 0 Å². The summed E-state index contributed by atoms with van der Waals surface area (Å²) >= 11 is 0. The van der Waals surface area contributed by atoms with E-state index in [1.54, 1.807) is 12.3 Å². The lowest BCUT2D eigenvalue weighted by Gasteiger charge is -2.23. The predicted octanol–water partition coefficient (Wildman–Crippen LogP) is 3.49. The minimum Gasteiger partial charge on any atom is -0.480 e. The van der Waals surface area contributed by atoms with Crippen LogP contribution in [0.1, 0.15) is 40.2 Å². The molecule has 4 heterocycles. The summed E-state index contributed by atoms with van der Waals surface area (Å²) in [6, 6.07) is 10.2. The van der Waals surface area contributed by atoms with Gasteiger partial charge in [-0.05, 0) is 67.3 Å². The van der Waals surface area contributed by atoms with Crippen LogP contribution in [0, 0.1) is 0 Å². The quantitative estimate of drug-likeness (QED) is 0.642. The number of nitrogens with zero attached hydrogens (tertiary/aromatic N) is 4. The smallest absolute Gasteiger partial charge is 0.281 e. The molecule has 0 unspecified atom stereocenters. The highest BCUT2D eigenvalue weighted by atomic mass is 16.5. The summed E-state index contributed by atoms with van der Waals surface area (Å²) in [4.78, 5) is 25.9. The van der Waals surface area contributed by atoms with Gasteiger partial charge in [-0.3, -0.25) is 9.78 Å². The molecule has 1 fully saturated rings. The third-order valence-electron chi connectivity index (χ3n) is 5.78. The lowest BCUT2D eigenvalue weighted by molar-refractivity contribution is 0.0965. The van der Waals surface area contributed by atoms with E-state index in [-0.39, 0.29) is 5.91 Å². The first-order valence-corrected chi connectivity index (χ1v) is 10.6. The van der Waals surface area contributed by atoms with Gasteiger partial charge in [0.1, 0.15) is 11.5 Å². The van der Waals surface area contributed by atoms with Crippen LogP contribution in [0.15, 0.2) is 48.9 Å². The molecule has 8 heteroatoms. The highest BCUT2D eigenvalue weighted by molar-refractivity contribution is 6.05. The molecule has 1 aromatic carbocycles. The molecule has 0 spiro atoms. The van der Waals surface area contributed by atoms with E-state index in [9.17, 15) is 4.79 Å². The summed E-state index contributed by atoms with van der Waals surface area (Å²) in [6.45, 7) is 2.11. The Morgan fingerprint density at radius 2 is 1.88 bits per heavy atom. The van der Waals surface area contributed by atoms with Crippen LogP contribution in [0.5, 0.6) is 5.88 Å². The SMILES string of the molecule is COc1cncc(-c2cc3c(c(Nc4ccc(C5CCNCC5)cc4)n2)C(=O)[N]C=C3)n1. The van der Waals surface area contributed by atoms with Gasteiger partial charge in [-0.25, -0.2) is 15.3 Å². The molecule has 8 nitrogen and oxygen atoms in total. The van der Waals surface area contributed by atoms with Crippen LogP contribution < -0.4 is 20.7 Å².